The van der Waals surface area contributed by atoms with Crippen LogP contribution in [0.2, 0.25) is 5.02 Å². The predicted molar refractivity (Wildman–Crippen MR) is 130 cm³/mol. The van der Waals surface area contributed by atoms with Gasteiger partial charge in [0.1, 0.15) is 0 Å². The lowest BCUT2D eigenvalue weighted by molar-refractivity contribution is 0.377. The van der Waals surface area contributed by atoms with E-state index in [0.29, 0.717) is 17.2 Å². The molecule has 0 bridgehead atoms. The maximum Gasteiger partial charge on any atom is 0.294 e. The summed E-state index contributed by atoms with van der Waals surface area (Å²) >= 11 is 6.31. The van der Waals surface area contributed by atoms with Gasteiger partial charge < -0.3 is 9.47 Å². The molecule has 0 fully saturated rings. The molecule has 0 amide bonds. The van der Waals surface area contributed by atoms with Gasteiger partial charge in [0.25, 0.3) is 5.56 Å². The van der Waals surface area contributed by atoms with E-state index in [-0.39, 0.29) is 10.8 Å². The van der Waals surface area contributed by atoms with Gasteiger partial charge in [-0.05, 0) is 55.0 Å². The Hall–Kier alpha value is -4.10. The Bertz CT molecular complexity index is 1340. The predicted octanol–water partition coefficient (Wildman–Crippen LogP) is 5.44. The minimum Gasteiger partial charge on any atom is -0.493 e. The van der Waals surface area contributed by atoms with Crippen molar-refractivity contribution in [3.63, 3.8) is 0 Å². The average Bonchev–Trinajstić information content (AvgIpc) is 2.84. The highest BCUT2D eigenvalue weighted by Crippen LogP contribution is 2.34. The number of halogens is 1. The van der Waals surface area contributed by atoms with E-state index in [0.717, 1.165) is 16.8 Å². The van der Waals surface area contributed by atoms with Gasteiger partial charge in [0.2, 0.25) is 0 Å². The molecule has 0 saturated heterocycles. The number of ether oxygens (including phenoxy) is 2. The molecule has 166 valence electrons. The fraction of sp³-hybridized carbons (Fsp3) is 0.0800. The van der Waals surface area contributed by atoms with Crippen molar-refractivity contribution in [1.29, 1.82) is 0 Å². The number of para-hydroxylation sites is 1. The van der Waals surface area contributed by atoms with E-state index in [2.05, 4.69) is 15.6 Å². The molecule has 1 heterocycles. The van der Waals surface area contributed by atoms with Crippen LogP contribution < -0.4 is 20.5 Å². The Morgan fingerprint density at radius 3 is 2.48 bits per heavy atom. The van der Waals surface area contributed by atoms with Gasteiger partial charge in [-0.1, -0.05) is 47.5 Å². The standard InChI is InChI=1S/C25H21ClN4O3/c1-17-8-11-20(12-9-17)30-25(31)24(26)23(16-28-30)33-21-13-10-18(14-22(21)32-2)15-27-29-19-6-4-3-5-7-19/h3-16,29H,1-2H3. The summed E-state index contributed by atoms with van der Waals surface area (Å²) in [6.07, 6.45) is 3.07. The highest BCUT2D eigenvalue weighted by atomic mass is 35.5. The zero-order chi connectivity index (χ0) is 23.2. The van der Waals surface area contributed by atoms with Crippen LogP contribution in [0.25, 0.3) is 5.69 Å². The van der Waals surface area contributed by atoms with E-state index in [1.807, 2.05) is 55.5 Å². The molecule has 0 unspecified atom stereocenters. The number of methoxy groups -OCH3 is 1. The third-order valence-corrected chi connectivity index (χ3v) is 5.10. The number of nitrogens with one attached hydrogen (secondary N) is 1. The maximum absolute atomic E-state index is 12.7. The molecule has 0 radical (unpaired) electrons. The number of aryl methyl sites for hydroxylation is 1. The average molecular weight is 461 g/mol. The second-order valence-electron chi connectivity index (χ2n) is 7.12. The highest BCUT2D eigenvalue weighted by Gasteiger charge is 2.15. The molecule has 0 atom stereocenters. The summed E-state index contributed by atoms with van der Waals surface area (Å²) in [5.41, 5.74) is 5.84. The third kappa shape index (κ3) is 5.22. The third-order valence-electron chi connectivity index (χ3n) is 4.75. The zero-order valence-corrected chi connectivity index (χ0v) is 18.8. The van der Waals surface area contributed by atoms with Crippen molar-refractivity contribution in [3.8, 4) is 22.9 Å². The second kappa shape index (κ2) is 10.0. The van der Waals surface area contributed by atoms with E-state index in [1.165, 1.54) is 18.0 Å². The van der Waals surface area contributed by atoms with E-state index in [9.17, 15) is 4.79 Å². The van der Waals surface area contributed by atoms with Crippen molar-refractivity contribution in [2.24, 2.45) is 5.10 Å². The summed E-state index contributed by atoms with van der Waals surface area (Å²) < 4.78 is 12.5. The number of nitrogens with zero attached hydrogens (tertiary/aromatic N) is 3. The van der Waals surface area contributed by atoms with Crippen LogP contribution in [0.4, 0.5) is 5.69 Å². The molecule has 3 aromatic carbocycles. The Balaban J connectivity index is 1.54. The van der Waals surface area contributed by atoms with E-state index in [1.54, 1.807) is 30.5 Å². The molecule has 1 aromatic heterocycles. The lowest BCUT2D eigenvalue weighted by atomic mass is 10.2. The van der Waals surface area contributed by atoms with Crippen molar-refractivity contribution >= 4 is 23.5 Å². The molecule has 4 rings (SSSR count). The maximum atomic E-state index is 12.7. The SMILES string of the molecule is COc1cc(C=NNc2ccccc2)ccc1Oc1cnn(-c2ccc(C)cc2)c(=O)c1Cl. The Morgan fingerprint density at radius 1 is 1.00 bits per heavy atom. The zero-order valence-electron chi connectivity index (χ0n) is 18.0. The minimum atomic E-state index is -0.479. The lowest BCUT2D eigenvalue weighted by Crippen LogP contribution is -2.21. The first-order valence-electron chi connectivity index (χ1n) is 10.1. The molecule has 0 aliphatic heterocycles. The van der Waals surface area contributed by atoms with E-state index in [4.69, 9.17) is 21.1 Å². The molecule has 0 saturated carbocycles. The van der Waals surface area contributed by atoms with Crippen LogP contribution in [-0.4, -0.2) is 23.1 Å². The molecule has 0 spiro atoms. The van der Waals surface area contributed by atoms with Crippen LogP contribution >= 0.6 is 11.6 Å². The van der Waals surface area contributed by atoms with Gasteiger partial charge >= 0.3 is 0 Å². The first-order chi connectivity index (χ1) is 16.0. The van der Waals surface area contributed by atoms with Crippen molar-refractivity contribution in [1.82, 2.24) is 9.78 Å². The Labute approximate surface area is 195 Å². The van der Waals surface area contributed by atoms with Crippen LogP contribution in [-0.2, 0) is 0 Å². The van der Waals surface area contributed by atoms with Crippen LogP contribution in [0, 0.1) is 6.92 Å². The van der Waals surface area contributed by atoms with Gasteiger partial charge in [-0.15, -0.1) is 0 Å². The number of rotatable bonds is 7. The fourth-order valence-electron chi connectivity index (χ4n) is 3.02. The van der Waals surface area contributed by atoms with Crippen molar-refractivity contribution in [3.05, 3.63) is 105 Å². The highest BCUT2D eigenvalue weighted by molar-refractivity contribution is 6.31. The molecule has 7 nitrogen and oxygen atoms in total. The van der Waals surface area contributed by atoms with E-state index >= 15 is 0 Å². The van der Waals surface area contributed by atoms with Gasteiger partial charge in [0.15, 0.2) is 22.3 Å². The topological polar surface area (TPSA) is 77.7 Å². The molecule has 8 heteroatoms. The summed E-state index contributed by atoms with van der Waals surface area (Å²) in [7, 11) is 1.53. The van der Waals surface area contributed by atoms with Crippen molar-refractivity contribution < 1.29 is 9.47 Å². The summed E-state index contributed by atoms with van der Waals surface area (Å²) in [5.74, 6) is 0.981. The largest absolute Gasteiger partial charge is 0.493 e. The number of hydrogen-bond donors (Lipinski definition) is 1. The number of hydrazone groups is 1. The van der Waals surface area contributed by atoms with Crippen molar-refractivity contribution in [2.75, 3.05) is 12.5 Å². The number of hydrogen-bond acceptors (Lipinski definition) is 6. The second-order valence-corrected chi connectivity index (χ2v) is 7.50. The van der Waals surface area contributed by atoms with E-state index < -0.39 is 5.56 Å². The minimum absolute atomic E-state index is 0.0784. The number of aromatic nitrogens is 2. The smallest absolute Gasteiger partial charge is 0.294 e. The molecule has 33 heavy (non-hydrogen) atoms. The first-order valence-corrected chi connectivity index (χ1v) is 10.5. The van der Waals surface area contributed by atoms with Crippen LogP contribution in [0.3, 0.4) is 0 Å². The summed E-state index contributed by atoms with van der Waals surface area (Å²) in [6, 6.07) is 22.3. The molecule has 1 N–H and O–H groups in total. The number of benzene rings is 3. The van der Waals surface area contributed by atoms with Gasteiger partial charge in [-0.3, -0.25) is 10.2 Å². The fourth-order valence-corrected chi connectivity index (χ4v) is 3.19. The van der Waals surface area contributed by atoms with Crippen molar-refractivity contribution in [2.45, 2.75) is 6.92 Å². The van der Waals surface area contributed by atoms with Gasteiger partial charge in [-0.25, -0.2) is 0 Å². The van der Waals surface area contributed by atoms with Crippen LogP contribution in [0.1, 0.15) is 11.1 Å². The normalized spacial score (nSPS) is 10.9. The molecule has 4 aromatic rings. The Kier molecular flexibility index (Phi) is 6.71. The van der Waals surface area contributed by atoms with Crippen LogP contribution in [0.5, 0.6) is 17.2 Å². The molecule has 0 aliphatic carbocycles. The van der Waals surface area contributed by atoms with Gasteiger partial charge in [0, 0.05) is 0 Å². The monoisotopic (exact) mass is 460 g/mol. The quantitative estimate of drug-likeness (QED) is 0.293. The van der Waals surface area contributed by atoms with Gasteiger partial charge in [0.05, 0.1) is 30.9 Å². The molecular formula is C25H21ClN4O3. The first kappa shape index (κ1) is 22.1. The summed E-state index contributed by atoms with van der Waals surface area (Å²) in [6.45, 7) is 1.97. The summed E-state index contributed by atoms with van der Waals surface area (Å²) in [4.78, 5) is 12.7. The number of anilines is 1. The lowest BCUT2D eigenvalue weighted by Gasteiger charge is -2.13. The van der Waals surface area contributed by atoms with Gasteiger partial charge in [-0.2, -0.15) is 14.9 Å². The summed E-state index contributed by atoms with van der Waals surface area (Å²) in [5, 5.41) is 8.35. The molecular weight excluding hydrogens is 440 g/mol. The Morgan fingerprint density at radius 2 is 1.76 bits per heavy atom. The van der Waals surface area contributed by atoms with Crippen LogP contribution in [0.15, 0.2) is 88.9 Å². The molecule has 0 aliphatic rings.